The maximum Gasteiger partial charge on any atom is 0.342 e. The zero-order valence-electron chi connectivity index (χ0n) is 7.60. The number of benzene rings is 1. The second-order valence-electron chi connectivity index (χ2n) is 3.30. The van der Waals surface area contributed by atoms with E-state index in [1.807, 2.05) is 0 Å². The fourth-order valence-electron chi connectivity index (χ4n) is 1.57. The molecule has 4 heteroatoms. The summed E-state index contributed by atoms with van der Waals surface area (Å²) in [5.74, 6) is -0.741. The Kier molecular flexibility index (Phi) is 1.93. The van der Waals surface area contributed by atoms with Crippen molar-refractivity contribution in [2.45, 2.75) is 19.1 Å². The Morgan fingerprint density at radius 2 is 2.14 bits per heavy atom. The van der Waals surface area contributed by atoms with E-state index in [1.165, 1.54) is 6.07 Å². The van der Waals surface area contributed by atoms with Crippen LogP contribution >= 0.6 is 0 Å². The summed E-state index contributed by atoms with van der Waals surface area (Å²) in [5.41, 5.74) is 0.492. The lowest BCUT2D eigenvalue weighted by Gasteiger charge is -2.27. The lowest BCUT2D eigenvalue weighted by atomic mass is 9.96. The highest BCUT2D eigenvalue weighted by Crippen LogP contribution is 2.33. The molecule has 4 nitrogen and oxygen atoms in total. The zero-order valence-corrected chi connectivity index (χ0v) is 7.60. The van der Waals surface area contributed by atoms with E-state index in [0.29, 0.717) is 5.56 Å². The zero-order chi connectivity index (χ0) is 10.3. The predicted molar refractivity (Wildman–Crippen MR) is 47.9 cm³/mol. The van der Waals surface area contributed by atoms with Gasteiger partial charge < -0.3 is 14.9 Å². The van der Waals surface area contributed by atoms with Gasteiger partial charge in [-0.1, -0.05) is 12.1 Å². The molecule has 0 saturated heterocycles. The number of esters is 1. The molecule has 0 aliphatic carbocycles. The normalized spacial score (nSPS) is 25.4. The van der Waals surface area contributed by atoms with Crippen molar-refractivity contribution >= 4 is 5.97 Å². The lowest BCUT2D eigenvalue weighted by molar-refractivity contribution is -0.0216. The summed E-state index contributed by atoms with van der Waals surface area (Å²) in [7, 11) is 0. The van der Waals surface area contributed by atoms with Gasteiger partial charge in [0.25, 0.3) is 0 Å². The van der Waals surface area contributed by atoms with Crippen LogP contribution in [0.4, 0.5) is 0 Å². The van der Waals surface area contributed by atoms with Gasteiger partial charge in [-0.05, 0) is 13.0 Å². The summed E-state index contributed by atoms with van der Waals surface area (Å²) >= 11 is 0. The monoisotopic (exact) mass is 194 g/mol. The molecule has 0 fully saturated rings. The number of aliphatic hydroxyl groups excluding tert-OH is 1. The van der Waals surface area contributed by atoms with Gasteiger partial charge in [0, 0.05) is 5.56 Å². The first kappa shape index (κ1) is 9.02. The van der Waals surface area contributed by atoms with Crippen molar-refractivity contribution in [2.24, 2.45) is 0 Å². The largest absolute Gasteiger partial charge is 0.507 e. The van der Waals surface area contributed by atoms with Crippen LogP contribution in [0.5, 0.6) is 5.75 Å². The van der Waals surface area contributed by atoms with Crippen LogP contribution in [0, 0.1) is 0 Å². The van der Waals surface area contributed by atoms with Crippen molar-refractivity contribution in [1.82, 2.24) is 0 Å². The van der Waals surface area contributed by atoms with Crippen LogP contribution in [0.1, 0.15) is 28.9 Å². The molecule has 2 atom stereocenters. The number of phenolic OH excluding ortho intramolecular Hbond substituents is 1. The molecule has 14 heavy (non-hydrogen) atoms. The molecule has 1 aliphatic heterocycles. The number of ether oxygens (including phenoxy) is 1. The Labute approximate surface area is 80.7 Å². The number of aliphatic hydroxyl groups is 1. The van der Waals surface area contributed by atoms with E-state index in [1.54, 1.807) is 19.1 Å². The Bertz CT molecular complexity index is 386. The highest BCUT2D eigenvalue weighted by molar-refractivity contribution is 5.95. The summed E-state index contributed by atoms with van der Waals surface area (Å²) in [6.07, 6.45) is -1.44. The Morgan fingerprint density at radius 1 is 1.43 bits per heavy atom. The molecule has 2 N–H and O–H groups in total. The summed E-state index contributed by atoms with van der Waals surface area (Å²) < 4.78 is 4.86. The molecule has 0 spiro atoms. The third-order valence-electron chi connectivity index (χ3n) is 2.34. The fourth-order valence-corrected chi connectivity index (χ4v) is 1.57. The molecule has 0 bridgehead atoms. The molecule has 0 amide bonds. The number of aromatic hydroxyl groups is 1. The quantitative estimate of drug-likeness (QED) is 0.604. The van der Waals surface area contributed by atoms with Crippen molar-refractivity contribution in [1.29, 1.82) is 0 Å². The highest BCUT2D eigenvalue weighted by atomic mass is 16.6. The van der Waals surface area contributed by atoms with E-state index in [2.05, 4.69) is 0 Å². The highest BCUT2D eigenvalue weighted by Gasteiger charge is 2.33. The van der Waals surface area contributed by atoms with Crippen LogP contribution in [0.3, 0.4) is 0 Å². The number of fused-ring (bicyclic) bond motifs is 1. The minimum Gasteiger partial charge on any atom is -0.507 e. The standard InChI is InChI=1S/C10H10O4/c1-5-9(12)6-3-2-4-7(11)8(6)10(13)14-5/h2-5,9,11-12H,1H3/t5-,9+/m0/s1. The molecular weight excluding hydrogens is 184 g/mol. The van der Waals surface area contributed by atoms with E-state index in [0.717, 1.165) is 0 Å². The Morgan fingerprint density at radius 3 is 2.86 bits per heavy atom. The molecule has 0 unspecified atom stereocenters. The molecule has 1 aliphatic rings. The van der Waals surface area contributed by atoms with Crippen LogP contribution < -0.4 is 0 Å². The molecule has 0 radical (unpaired) electrons. The number of rotatable bonds is 0. The third-order valence-corrected chi connectivity index (χ3v) is 2.34. The predicted octanol–water partition coefficient (Wildman–Crippen LogP) is 0.984. The molecule has 74 valence electrons. The minimum atomic E-state index is -0.866. The third kappa shape index (κ3) is 1.15. The topological polar surface area (TPSA) is 66.8 Å². The van der Waals surface area contributed by atoms with Gasteiger partial charge in [0.05, 0.1) is 0 Å². The average Bonchev–Trinajstić information content (AvgIpc) is 2.14. The van der Waals surface area contributed by atoms with Gasteiger partial charge in [-0.25, -0.2) is 4.79 Å². The van der Waals surface area contributed by atoms with Crippen molar-refractivity contribution in [3.05, 3.63) is 29.3 Å². The van der Waals surface area contributed by atoms with Gasteiger partial charge in [0.2, 0.25) is 0 Å². The van der Waals surface area contributed by atoms with Crippen molar-refractivity contribution in [3.8, 4) is 5.75 Å². The van der Waals surface area contributed by atoms with Crippen LogP contribution in [-0.4, -0.2) is 22.3 Å². The van der Waals surface area contributed by atoms with E-state index in [9.17, 15) is 15.0 Å². The maximum absolute atomic E-state index is 11.4. The van der Waals surface area contributed by atoms with Crippen LogP contribution in [0.25, 0.3) is 0 Å². The van der Waals surface area contributed by atoms with Gasteiger partial charge in [-0.2, -0.15) is 0 Å². The second-order valence-corrected chi connectivity index (χ2v) is 3.30. The summed E-state index contributed by atoms with van der Waals surface area (Å²) in [5, 5.41) is 19.1. The molecule has 1 aromatic rings. The van der Waals surface area contributed by atoms with Gasteiger partial charge in [0.15, 0.2) is 0 Å². The first-order valence-electron chi connectivity index (χ1n) is 4.32. The minimum absolute atomic E-state index is 0.0677. The first-order chi connectivity index (χ1) is 6.61. The van der Waals surface area contributed by atoms with Gasteiger partial charge in [-0.3, -0.25) is 0 Å². The number of hydrogen-bond donors (Lipinski definition) is 2. The summed E-state index contributed by atoms with van der Waals surface area (Å²) in [4.78, 5) is 11.4. The summed E-state index contributed by atoms with van der Waals surface area (Å²) in [6.45, 7) is 1.61. The Hall–Kier alpha value is -1.55. The fraction of sp³-hybridized carbons (Fsp3) is 0.300. The molecule has 0 aromatic heterocycles. The first-order valence-corrected chi connectivity index (χ1v) is 4.32. The molecule has 1 aromatic carbocycles. The van der Waals surface area contributed by atoms with Crippen LogP contribution in [0.15, 0.2) is 18.2 Å². The molecule has 2 rings (SSSR count). The number of phenols is 1. The summed E-state index contributed by atoms with van der Waals surface area (Å²) in [6, 6.07) is 4.59. The number of cyclic esters (lactones) is 1. The molecule has 1 heterocycles. The lowest BCUT2D eigenvalue weighted by Crippen LogP contribution is -2.29. The van der Waals surface area contributed by atoms with Crippen LogP contribution in [0.2, 0.25) is 0 Å². The van der Waals surface area contributed by atoms with Crippen LogP contribution in [-0.2, 0) is 4.74 Å². The van der Waals surface area contributed by atoms with Gasteiger partial charge >= 0.3 is 5.97 Å². The van der Waals surface area contributed by atoms with E-state index in [4.69, 9.17) is 4.74 Å². The molecule has 0 saturated carbocycles. The maximum atomic E-state index is 11.4. The average molecular weight is 194 g/mol. The number of hydrogen-bond acceptors (Lipinski definition) is 4. The SMILES string of the molecule is C[C@@H]1OC(=O)c2c(O)cccc2[C@@H]1O. The van der Waals surface area contributed by atoms with Gasteiger partial charge in [0.1, 0.15) is 23.5 Å². The van der Waals surface area contributed by atoms with Crippen molar-refractivity contribution in [3.63, 3.8) is 0 Å². The van der Waals surface area contributed by atoms with Crippen molar-refractivity contribution < 1.29 is 19.7 Å². The van der Waals surface area contributed by atoms with E-state index in [-0.39, 0.29) is 11.3 Å². The number of carbonyl (C=O) groups is 1. The van der Waals surface area contributed by atoms with E-state index >= 15 is 0 Å². The smallest absolute Gasteiger partial charge is 0.342 e. The molecular formula is C10H10O4. The van der Waals surface area contributed by atoms with Crippen molar-refractivity contribution in [2.75, 3.05) is 0 Å². The van der Waals surface area contributed by atoms with E-state index < -0.39 is 18.2 Å². The Balaban J connectivity index is 2.61. The van der Waals surface area contributed by atoms with Gasteiger partial charge in [-0.15, -0.1) is 0 Å². The number of carbonyl (C=O) groups excluding carboxylic acids is 1. The second kappa shape index (κ2) is 2.99.